The molecule has 0 radical (unpaired) electrons. The molecule has 1 aromatic rings. The van der Waals surface area contributed by atoms with Gasteiger partial charge in [-0.3, -0.25) is 0 Å². The summed E-state index contributed by atoms with van der Waals surface area (Å²) in [6.45, 7) is 2.65. The van der Waals surface area contributed by atoms with E-state index in [0.29, 0.717) is 20.5 Å². The Balaban J connectivity index is 3.41. The molecule has 0 aromatic heterocycles. The largest absolute Gasteiger partial charge is 0.494 e. The van der Waals surface area contributed by atoms with Crippen molar-refractivity contribution in [1.29, 1.82) is 0 Å². The van der Waals surface area contributed by atoms with E-state index in [1.54, 1.807) is 6.92 Å². The smallest absolute Gasteiger partial charge is 0.460 e. The lowest BCUT2D eigenvalue weighted by Gasteiger charge is -2.42. The predicted molar refractivity (Wildman–Crippen MR) is 92.0 cm³/mol. The molecule has 1 aromatic carbocycles. The minimum Gasteiger partial charge on any atom is -0.494 e. The van der Waals surface area contributed by atoms with Crippen LogP contribution in [0.15, 0.2) is 24.3 Å². The van der Waals surface area contributed by atoms with Crippen molar-refractivity contribution in [3.8, 4) is 5.75 Å². The molecule has 15 heteroatoms. The van der Waals surface area contributed by atoms with Crippen LogP contribution in [0.5, 0.6) is 5.75 Å². The Labute approximate surface area is 185 Å². The Kier molecular flexibility index (Phi) is 8.20. The minimum absolute atomic E-state index is 0.182. The van der Waals surface area contributed by atoms with E-state index < -0.39 is 47.8 Å². The molecule has 0 saturated heterocycles. The second kappa shape index (κ2) is 9.26. The highest BCUT2D eigenvalue weighted by molar-refractivity contribution is 5.31. The maximum Gasteiger partial charge on any atom is 0.460 e. The fourth-order valence-electron chi connectivity index (χ4n) is 2.75. The Hall–Kier alpha value is -1.93. The van der Waals surface area contributed by atoms with Crippen LogP contribution in [0.4, 0.5) is 57.1 Å². The number of ether oxygens (including phenoxy) is 2. The molecule has 198 valence electrons. The van der Waals surface area contributed by atoms with Crippen LogP contribution in [0.3, 0.4) is 0 Å². The standard InChI is InChI=1S/C19H19F13O2/c1-4-9-34-12-7-5-11(6-8-12)13(2,33-3)10-14(20,21)15(22,23)16(24,25)17(26,27)18(28,29)19(30,31)32/h5-8H,4,9-10H2,1-3H3. The highest BCUT2D eigenvalue weighted by atomic mass is 19.4. The van der Waals surface area contributed by atoms with Crippen molar-refractivity contribution < 1.29 is 66.5 Å². The number of alkyl halides is 13. The maximum atomic E-state index is 14.3. The number of hydrogen-bond acceptors (Lipinski definition) is 2. The average Bonchev–Trinajstić information content (AvgIpc) is 2.70. The van der Waals surface area contributed by atoms with E-state index >= 15 is 0 Å². The van der Waals surface area contributed by atoms with Gasteiger partial charge in [-0.2, -0.15) is 57.1 Å². The van der Waals surface area contributed by atoms with Gasteiger partial charge in [0.05, 0.1) is 18.6 Å². The van der Waals surface area contributed by atoms with Gasteiger partial charge < -0.3 is 9.47 Å². The molecule has 0 saturated carbocycles. The van der Waals surface area contributed by atoms with Gasteiger partial charge in [0.15, 0.2) is 0 Å². The lowest BCUT2D eigenvalue weighted by Crippen LogP contribution is -2.70. The number of hydrogen-bond donors (Lipinski definition) is 0. The molecule has 0 aliphatic heterocycles. The molecule has 0 fully saturated rings. The molecule has 2 nitrogen and oxygen atoms in total. The zero-order chi connectivity index (χ0) is 27.0. The lowest BCUT2D eigenvalue weighted by atomic mass is 9.84. The van der Waals surface area contributed by atoms with E-state index in [-0.39, 0.29) is 17.9 Å². The quantitative estimate of drug-likeness (QED) is 0.279. The first-order chi connectivity index (χ1) is 15.1. The topological polar surface area (TPSA) is 18.5 Å². The molecule has 0 bridgehead atoms. The van der Waals surface area contributed by atoms with Crippen molar-refractivity contribution in [3.63, 3.8) is 0 Å². The molecule has 0 spiro atoms. The van der Waals surface area contributed by atoms with Gasteiger partial charge in [-0.1, -0.05) is 19.1 Å². The van der Waals surface area contributed by atoms with Crippen LogP contribution in [-0.4, -0.2) is 49.5 Å². The second-order valence-electron chi connectivity index (χ2n) is 7.48. The van der Waals surface area contributed by atoms with Crippen molar-refractivity contribution in [2.45, 2.75) is 68.1 Å². The number of rotatable bonds is 11. The second-order valence-corrected chi connectivity index (χ2v) is 7.48. The van der Waals surface area contributed by atoms with Crippen LogP contribution in [0, 0.1) is 0 Å². The highest BCUT2D eigenvalue weighted by Gasteiger charge is 2.90. The summed E-state index contributed by atoms with van der Waals surface area (Å²) in [5.74, 6) is -37.0. The molecular weight excluding hydrogens is 507 g/mol. The van der Waals surface area contributed by atoms with Gasteiger partial charge in [-0.15, -0.1) is 0 Å². The highest BCUT2D eigenvalue weighted by Crippen LogP contribution is 2.61. The van der Waals surface area contributed by atoms with E-state index in [1.807, 2.05) is 0 Å². The van der Waals surface area contributed by atoms with E-state index in [1.165, 1.54) is 0 Å². The summed E-state index contributed by atoms with van der Waals surface area (Å²) >= 11 is 0. The molecule has 0 N–H and O–H groups in total. The third-order valence-corrected chi connectivity index (χ3v) is 4.95. The number of methoxy groups -OCH3 is 1. The summed E-state index contributed by atoms with van der Waals surface area (Å²) in [5, 5.41) is 0. The van der Waals surface area contributed by atoms with Crippen molar-refractivity contribution in [2.75, 3.05) is 13.7 Å². The molecule has 1 rings (SSSR count). The Morgan fingerprint density at radius 1 is 0.676 bits per heavy atom. The van der Waals surface area contributed by atoms with Gasteiger partial charge in [-0.05, 0) is 31.0 Å². The lowest BCUT2D eigenvalue weighted by molar-refractivity contribution is -0.441. The van der Waals surface area contributed by atoms with Gasteiger partial charge in [0.1, 0.15) is 5.75 Å². The Morgan fingerprint density at radius 3 is 1.50 bits per heavy atom. The number of benzene rings is 1. The monoisotopic (exact) mass is 526 g/mol. The van der Waals surface area contributed by atoms with Gasteiger partial charge in [-0.25, -0.2) is 0 Å². The van der Waals surface area contributed by atoms with Crippen molar-refractivity contribution in [2.24, 2.45) is 0 Å². The molecular formula is C19H19F13O2. The van der Waals surface area contributed by atoms with Crippen LogP contribution in [-0.2, 0) is 10.3 Å². The molecule has 0 heterocycles. The summed E-state index contributed by atoms with van der Waals surface area (Å²) in [7, 11) is 0.667. The van der Waals surface area contributed by atoms with Crippen molar-refractivity contribution >= 4 is 0 Å². The van der Waals surface area contributed by atoms with Crippen LogP contribution >= 0.6 is 0 Å². The van der Waals surface area contributed by atoms with Crippen molar-refractivity contribution in [3.05, 3.63) is 29.8 Å². The van der Waals surface area contributed by atoms with Gasteiger partial charge in [0.25, 0.3) is 0 Å². The maximum absolute atomic E-state index is 14.3. The molecule has 0 amide bonds. The van der Waals surface area contributed by atoms with Crippen molar-refractivity contribution in [1.82, 2.24) is 0 Å². The summed E-state index contributed by atoms with van der Waals surface area (Å²) < 4.78 is 183. The summed E-state index contributed by atoms with van der Waals surface area (Å²) in [5.41, 5.74) is -2.97. The summed E-state index contributed by atoms with van der Waals surface area (Å²) in [4.78, 5) is 0. The molecule has 0 aliphatic rings. The van der Waals surface area contributed by atoms with Crippen LogP contribution in [0.1, 0.15) is 32.3 Å². The fourth-order valence-corrected chi connectivity index (χ4v) is 2.75. The molecule has 1 unspecified atom stereocenters. The van der Waals surface area contributed by atoms with Crippen LogP contribution in [0.2, 0.25) is 0 Å². The predicted octanol–water partition coefficient (Wildman–Crippen LogP) is 7.47. The van der Waals surface area contributed by atoms with E-state index in [9.17, 15) is 57.1 Å². The van der Waals surface area contributed by atoms with Gasteiger partial charge in [0.2, 0.25) is 0 Å². The Morgan fingerprint density at radius 2 is 1.12 bits per heavy atom. The zero-order valence-electron chi connectivity index (χ0n) is 17.7. The average molecular weight is 526 g/mol. The van der Waals surface area contributed by atoms with Gasteiger partial charge >= 0.3 is 35.8 Å². The summed E-state index contributed by atoms with van der Waals surface area (Å²) in [6.07, 6.45) is -9.37. The summed E-state index contributed by atoms with van der Waals surface area (Å²) in [6, 6.07) is 4.30. The third kappa shape index (κ3) is 4.89. The van der Waals surface area contributed by atoms with Crippen LogP contribution < -0.4 is 4.74 Å². The minimum atomic E-state index is -7.94. The molecule has 1 atom stereocenters. The first-order valence-corrected chi connectivity index (χ1v) is 9.30. The van der Waals surface area contributed by atoms with E-state index in [2.05, 4.69) is 4.74 Å². The first kappa shape index (κ1) is 30.1. The molecule has 34 heavy (non-hydrogen) atoms. The van der Waals surface area contributed by atoms with E-state index in [4.69, 9.17) is 4.74 Å². The SMILES string of the molecule is CCCOc1ccc(C(C)(CC(F)(F)C(F)(F)C(F)(F)C(F)(F)C(F)(F)C(F)(F)F)OC)cc1. The first-order valence-electron chi connectivity index (χ1n) is 9.30. The van der Waals surface area contributed by atoms with E-state index in [0.717, 1.165) is 24.3 Å². The fraction of sp³-hybridized carbons (Fsp3) is 0.684. The normalized spacial score (nSPS) is 16.4. The molecule has 0 aliphatic carbocycles. The van der Waals surface area contributed by atoms with Gasteiger partial charge in [0, 0.05) is 7.11 Å². The number of halogens is 13. The third-order valence-electron chi connectivity index (χ3n) is 4.95. The van der Waals surface area contributed by atoms with Crippen LogP contribution in [0.25, 0.3) is 0 Å². The Bertz CT molecular complexity index is 818. The zero-order valence-corrected chi connectivity index (χ0v) is 17.7.